The van der Waals surface area contributed by atoms with Gasteiger partial charge in [-0.1, -0.05) is 37.8 Å². The number of unbranched alkanes of at least 4 members (excludes halogenated alkanes) is 3. The summed E-state index contributed by atoms with van der Waals surface area (Å²) in [4.78, 5) is 24.6. The Hall–Kier alpha value is -3.27. The zero-order valence-corrected chi connectivity index (χ0v) is 21.9. The minimum Gasteiger partial charge on any atom is -0.494 e. The van der Waals surface area contributed by atoms with Crippen LogP contribution in [-0.2, 0) is 4.79 Å². The Balaban J connectivity index is 1.63. The molecule has 1 atom stereocenters. The van der Waals surface area contributed by atoms with Crippen molar-refractivity contribution in [1.82, 2.24) is 14.7 Å². The molecular weight excluding hydrogens is 514 g/mol. The average Bonchev–Trinajstić information content (AvgIpc) is 3.41. The van der Waals surface area contributed by atoms with Crippen molar-refractivity contribution in [3.63, 3.8) is 0 Å². The van der Waals surface area contributed by atoms with E-state index in [1.54, 1.807) is 29.1 Å². The van der Waals surface area contributed by atoms with Crippen LogP contribution in [0.1, 0.15) is 38.2 Å². The molecule has 1 aromatic heterocycles. The number of benzene rings is 2. The maximum Gasteiger partial charge on any atom is 0.323 e. The number of amides is 1. The first kappa shape index (κ1) is 26.8. The smallest absolute Gasteiger partial charge is 0.323 e. The van der Waals surface area contributed by atoms with Crippen molar-refractivity contribution in [1.29, 1.82) is 0 Å². The van der Waals surface area contributed by atoms with Crippen molar-refractivity contribution in [2.24, 2.45) is 0 Å². The monoisotopic (exact) mass is 541 g/mol. The van der Waals surface area contributed by atoms with Gasteiger partial charge in [0.05, 0.1) is 18.0 Å². The number of carboxylic acid groups (broad SMARTS) is 1. The van der Waals surface area contributed by atoms with Gasteiger partial charge in [-0.25, -0.2) is 4.68 Å². The zero-order valence-electron chi connectivity index (χ0n) is 20.3. The lowest BCUT2D eigenvalue weighted by Gasteiger charge is -2.16. The Labute approximate surface area is 224 Å². The first-order valence-corrected chi connectivity index (χ1v) is 13.2. The topological polar surface area (TPSA) is 105 Å². The van der Waals surface area contributed by atoms with Gasteiger partial charge >= 0.3 is 5.97 Å². The molecule has 8 nitrogen and oxygen atoms in total. The highest BCUT2D eigenvalue weighted by Gasteiger charge is 2.36. The summed E-state index contributed by atoms with van der Waals surface area (Å²) in [6.07, 6.45) is 6.65. The molecule has 2 heterocycles. The van der Waals surface area contributed by atoms with E-state index in [0.29, 0.717) is 27.8 Å². The maximum atomic E-state index is 12.3. The van der Waals surface area contributed by atoms with Gasteiger partial charge < -0.3 is 14.9 Å². The Kier molecular flexibility index (Phi) is 8.91. The van der Waals surface area contributed by atoms with Gasteiger partial charge in [-0.15, -0.1) is 0 Å². The summed E-state index contributed by atoms with van der Waals surface area (Å²) >= 11 is 6.85. The van der Waals surface area contributed by atoms with Crippen LogP contribution in [0.15, 0.2) is 59.6 Å². The number of halogens is 1. The van der Waals surface area contributed by atoms with E-state index in [0.717, 1.165) is 46.5 Å². The molecule has 0 radical (unpaired) electrons. The number of carbonyl (C=O) groups excluding carboxylic acids is 1. The second-order valence-corrected chi connectivity index (χ2v) is 10.1. The molecule has 1 aliphatic heterocycles. The highest BCUT2D eigenvalue weighted by atomic mass is 35.5. The largest absolute Gasteiger partial charge is 0.494 e. The molecule has 1 fully saturated rings. The lowest BCUT2D eigenvalue weighted by Crippen LogP contribution is -2.36. The second kappa shape index (κ2) is 12.3. The van der Waals surface area contributed by atoms with Crippen molar-refractivity contribution in [3.05, 3.63) is 70.2 Å². The van der Waals surface area contributed by atoms with Crippen LogP contribution in [0.25, 0.3) is 23.0 Å². The molecule has 10 heteroatoms. The quantitative estimate of drug-likeness (QED) is 0.284. The third kappa shape index (κ3) is 6.74. The van der Waals surface area contributed by atoms with E-state index in [4.69, 9.17) is 26.5 Å². The molecule has 1 aliphatic rings. The number of hydrogen-bond acceptors (Lipinski definition) is 6. The normalized spacial score (nSPS) is 16.5. The molecule has 1 unspecified atom stereocenters. The first-order valence-electron chi connectivity index (χ1n) is 12.0. The third-order valence-corrected chi connectivity index (χ3v) is 7.05. The molecular formula is C27H28ClN3O5S. The van der Waals surface area contributed by atoms with Crippen LogP contribution in [0.3, 0.4) is 0 Å². The van der Waals surface area contributed by atoms with E-state index < -0.39 is 24.0 Å². The Bertz CT molecular complexity index is 1270. The van der Waals surface area contributed by atoms with Crippen molar-refractivity contribution in [3.8, 4) is 22.7 Å². The van der Waals surface area contributed by atoms with E-state index in [9.17, 15) is 14.7 Å². The number of ether oxygens (including phenoxy) is 1. The van der Waals surface area contributed by atoms with Gasteiger partial charge in [0, 0.05) is 27.3 Å². The van der Waals surface area contributed by atoms with E-state index in [-0.39, 0.29) is 0 Å². The zero-order chi connectivity index (χ0) is 26.4. The van der Waals surface area contributed by atoms with Gasteiger partial charge in [0.2, 0.25) is 0 Å². The van der Waals surface area contributed by atoms with Crippen molar-refractivity contribution in [2.75, 3.05) is 13.2 Å². The fourth-order valence-electron chi connectivity index (χ4n) is 3.89. The van der Waals surface area contributed by atoms with Crippen molar-refractivity contribution >= 4 is 40.6 Å². The number of nitrogens with zero attached hydrogens (tertiary/aromatic N) is 3. The number of aliphatic hydroxyl groups excluding tert-OH is 1. The minimum atomic E-state index is -1.34. The number of rotatable bonds is 11. The number of aromatic nitrogens is 2. The lowest BCUT2D eigenvalue weighted by molar-refractivity contribution is -0.138. The molecule has 1 saturated heterocycles. The van der Waals surface area contributed by atoms with Crippen molar-refractivity contribution in [2.45, 2.75) is 38.8 Å². The van der Waals surface area contributed by atoms with E-state index >= 15 is 0 Å². The first-order chi connectivity index (χ1) is 17.9. The van der Waals surface area contributed by atoms with Gasteiger partial charge in [-0.2, -0.15) is 5.10 Å². The maximum absolute atomic E-state index is 12.3. The fraction of sp³-hybridized carbons (Fsp3) is 0.296. The summed E-state index contributed by atoms with van der Waals surface area (Å²) in [6, 6.07) is 14.8. The number of thioether (sulfide) groups is 1. The Morgan fingerprint density at radius 2 is 1.86 bits per heavy atom. The summed E-state index contributed by atoms with van der Waals surface area (Å²) in [5, 5.41) is 24.5. The van der Waals surface area contributed by atoms with Crippen LogP contribution in [0.2, 0.25) is 5.02 Å². The summed E-state index contributed by atoms with van der Waals surface area (Å²) in [6.45, 7) is 2.26. The second-order valence-electron chi connectivity index (χ2n) is 8.60. The SMILES string of the molecule is CCCCCCOc1ccc(-c2nn(-c3ccc(Cl)cc3)cc2/C=C2\SC(=O)N(CC(=O)O)C2O)cc1. The molecule has 0 bridgehead atoms. The summed E-state index contributed by atoms with van der Waals surface area (Å²) in [5.74, 6) is -0.424. The fourth-order valence-corrected chi connectivity index (χ4v) is 4.92. The summed E-state index contributed by atoms with van der Waals surface area (Å²) in [5.41, 5.74) is 2.90. The number of aliphatic carboxylic acids is 1. The average molecular weight is 542 g/mol. The number of aliphatic hydroxyl groups is 1. The summed E-state index contributed by atoms with van der Waals surface area (Å²) < 4.78 is 7.55. The van der Waals surface area contributed by atoms with Crippen LogP contribution >= 0.6 is 23.4 Å². The minimum absolute atomic E-state index is 0.329. The molecule has 2 N–H and O–H groups in total. The number of carboxylic acids is 1. The Morgan fingerprint density at radius 1 is 1.14 bits per heavy atom. The predicted molar refractivity (Wildman–Crippen MR) is 145 cm³/mol. The number of hydrogen-bond donors (Lipinski definition) is 2. The van der Waals surface area contributed by atoms with E-state index in [2.05, 4.69) is 6.92 Å². The highest BCUT2D eigenvalue weighted by Crippen LogP contribution is 2.37. The molecule has 37 heavy (non-hydrogen) atoms. The molecule has 3 aromatic rings. The van der Waals surface area contributed by atoms with Crippen LogP contribution in [-0.4, -0.2) is 55.5 Å². The van der Waals surface area contributed by atoms with Crippen LogP contribution in [0, 0.1) is 0 Å². The third-order valence-electron chi connectivity index (χ3n) is 5.82. The molecule has 0 saturated carbocycles. The summed E-state index contributed by atoms with van der Waals surface area (Å²) in [7, 11) is 0. The molecule has 0 spiro atoms. The standard InChI is InChI=1S/C27H28ClN3O5S/c1-2-3-4-5-14-36-22-12-6-18(7-13-22)25-19(16-31(29-25)21-10-8-20(28)9-11-21)15-23-26(34)30(17-24(32)33)27(35)37-23/h6-13,15-16,26,34H,2-5,14,17H2,1H3,(H,32,33)/b23-15-. The highest BCUT2D eigenvalue weighted by molar-refractivity contribution is 8.17. The molecule has 194 valence electrons. The van der Waals surface area contributed by atoms with Gasteiger partial charge in [0.1, 0.15) is 12.3 Å². The predicted octanol–water partition coefficient (Wildman–Crippen LogP) is 6.06. The van der Waals surface area contributed by atoms with Crippen LogP contribution in [0.5, 0.6) is 5.75 Å². The van der Waals surface area contributed by atoms with Crippen molar-refractivity contribution < 1.29 is 24.5 Å². The van der Waals surface area contributed by atoms with E-state index in [1.165, 1.54) is 12.8 Å². The Morgan fingerprint density at radius 3 is 2.54 bits per heavy atom. The molecule has 4 rings (SSSR count). The van der Waals surface area contributed by atoms with Gasteiger partial charge in [0.15, 0.2) is 6.23 Å². The number of carbonyl (C=O) groups is 2. The van der Waals surface area contributed by atoms with E-state index in [1.807, 2.05) is 36.4 Å². The van der Waals surface area contributed by atoms with Gasteiger partial charge in [-0.3, -0.25) is 14.5 Å². The lowest BCUT2D eigenvalue weighted by atomic mass is 10.1. The molecule has 1 amide bonds. The van der Waals surface area contributed by atoms with Gasteiger partial charge in [-0.05, 0) is 72.8 Å². The van der Waals surface area contributed by atoms with Crippen LogP contribution in [0.4, 0.5) is 4.79 Å². The molecule has 2 aromatic carbocycles. The van der Waals surface area contributed by atoms with Crippen LogP contribution < -0.4 is 4.74 Å². The molecule has 0 aliphatic carbocycles. The van der Waals surface area contributed by atoms with Gasteiger partial charge in [0.25, 0.3) is 5.24 Å².